The van der Waals surface area contributed by atoms with E-state index in [1.807, 2.05) is 37.3 Å². The van der Waals surface area contributed by atoms with Crippen molar-refractivity contribution in [2.75, 3.05) is 6.54 Å². The molecule has 0 aromatic heterocycles. The zero-order chi connectivity index (χ0) is 18.2. The fourth-order valence-corrected chi connectivity index (χ4v) is 2.79. The first-order chi connectivity index (χ1) is 12.0. The van der Waals surface area contributed by atoms with Crippen LogP contribution in [0.15, 0.2) is 54.6 Å². The molecule has 2 rings (SSSR count). The molecule has 132 valence electrons. The SMILES string of the molecule is CCCC(C(=O)NCC(C(=O)O)c1ccc(F)cc1)c1ccccc1. The van der Waals surface area contributed by atoms with Crippen LogP contribution in [-0.2, 0) is 9.59 Å². The number of halogens is 1. The van der Waals surface area contributed by atoms with E-state index >= 15 is 0 Å². The lowest BCUT2D eigenvalue weighted by Crippen LogP contribution is -2.35. The van der Waals surface area contributed by atoms with Crippen molar-refractivity contribution >= 4 is 11.9 Å². The zero-order valence-electron chi connectivity index (χ0n) is 14.1. The number of rotatable bonds is 8. The van der Waals surface area contributed by atoms with Gasteiger partial charge in [-0.15, -0.1) is 0 Å². The number of carboxylic acids is 1. The van der Waals surface area contributed by atoms with Gasteiger partial charge in [-0.2, -0.15) is 0 Å². The van der Waals surface area contributed by atoms with Gasteiger partial charge in [0.1, 0.15) is 5.82 Å². The van der Waals surface area contributed by atoms with Gasteiger partial charge in [0.05, 0.1) is 11.8 Å². The maximum absolute atomic E-state index is 13.0. The lowest BCUT2D eigenvalue weighted by molar-refractivity contribution is -0.138. The van der Waals surface area contributed by atoms with Crippen LogP contribution in [0.2, 0.25) is 0 Å². The summed E-state index contributed by atoms with van der Waals surface area (Å²) in [5.41, 5.74) is 1.37. The second-order valence-electron chi connectivity index (χ2n) is 5.94. The Morgan fingerprint density at radius 1 is 1.00 bits per heavy atom. The first kappa shape index (κ1) is 18.6. The van der Waals surface area contributed by atoms with E-state index in [0.29, 0.717) is 12.0 Å². The van der Waals surface area contributed by atoms with Crippen molar-refractivity contribution in [3.05, 3.63) is 71.5 Å². The lowest BCUT2D eigenvalue weighted by Gasteiger charge is -2.19. The second kappa shape index (κ2) is 8.97. The molecular weight excluding hydrogens is 321 g/mol. The van der Waals surface area contributed by atoms with Gasteiger partial charge in [-0.05, 0) is 29.7 Å². The van der Waals surface area contributed by atoms with Crippen molar-refractivity contribution in [2.24, 2.45) is 0 Å². The monoisotopic (exact) mass is 343 g/mol. The summed E-state index contributed by atoms with van der Waals surface area (Å²) in [4.78, 5) is 24.1. The highest BCUT2D eigenvalue weighted by Gasteiger charge is 2.24. The van der Waals surface area contributed by atoms with E-state index in [0.717, 1.165) is 12.0 Å². The van der Waals surface area contributed by atoms with Gasteiger partial charge in [0.2, 0.25) is 5.91 Å². The summed E-state index contributed by atoms with van der Waals surface area (Å²) in [6.07, 6.45) is 1.53. The molecule has 0 saturated carbocycles. The van der Waals surface area contributed by atoms with Crippen LogP contribution in [0.1, 0.15) is 42.7 Å². The number of carbonyl (C=O) groups excluding carboxylic acids is 1. The lowest BCUT2D eigenvalue weighted by atomic mass is 9.93. The van der Waals surface area contributed by atoms with Gasteiger partial charge in [-0.25, -0.2) is 4.39 Å². The van der Waals surface area contributed by atoms with Crippen LogP contribution < -0.4 is 5.32 Å². The van der Waals surface area contributed by atoms with Gasteiger partial charge in [0, 0.05) is 6.54 Å². The summed E-state index contributed by atoms with van der Waals surface area (Å²) < 4.78 is 13.0. The number of carbonyl (C=O) groups is 2. The van der Waals surface area contributed by atoms with Crippen molar-refractivity contribution < 1.29 is 19.1 Å². The molecule has 0 aliphatic rings. The number of hydrogen-bond acceptors (Lipinski definition) is 2. The van der Waals surface area contributed by atoms with Crippen molar-refractivity contribution in [1.29, 1.82) is 0 Å². The number of benzene rings is 2. The van der Waals surface area contributed by atoms with Gasteiger partial charge < -0.3 is 10.4 Å². The Morgan fingerprint density at radius 2 is 1.60 bits per heavy atom. The van der Waals surface area contributed by atoms with E-state index in [2.05, 4.69) is 5.32 Å². The highest BCUT2D eigenvalue weighted by Crippen LogP contribution is 2.22. The molecule has 0 spiro atoms. The van der Waals surface area contributed by atoms with E-state index in [1.54, 1.807) is 0 Å². The number of aliphatic carboxylic acids is 1. The molecule has 0 radical (unpaired) electrons. The van der Waals surface area contributed by atoms with E-state index in [9.17, 15) is 19.1 Å². The number of carboxylic acid groups (broad SMARTS) is 1. The smallest absolute Gasteiger partial charge is 0.312 e. The zero-order valence-corrected chi connectivity index (χ0v) is 14.1. The quantitative estimate of drug-likeness (QED) is 0.768. The number of amides is 1. The topological polar surface area (TPSA) is 66.4 Å². The van der Waals surface area contributed by atoms with Gasteiger partial charge in [-0.1, -0.05) is 55.8 Å². The van der Waals surface area contributed by atoms with E-state index in [4.69, 9.17) is 0 Å². The van der Waals surface area contributed by atoms with Crippen molar-refractivity contribution in [3.8, 4) is 0 Å². The molecule has 25 heavy (non-hydrogen) atoms. The molecule has 0 aliphatic heterocycles. The molecule has 0 fully saturated rings. The summed E-state index contributed by atoms with van der Waals surface area (Å²) in [6, 6.07) is 14.7. The number of hydrogen-bond donors (Lipinski definition) is 2. The van der Waals surface area contributed by atoms with Crippen LogP contribution in [0.25, 0.3) is 0 Å². The molecule has 1 amide bonds. The molecule has 2 atom stereocenters. The summed E-state index contributed by atoms with van der Waals surface area (Å²) in [7, 11) is 0. The first-order valence-electron chi connectivity index (χ1n) is 8.33. The Kier molecular flexibility index (Phi) is 6.69. The molecule has 5 heteroatoms. The number of nitrogens with one attached hydrogen (secondary N) is 1. The second-order valence-corrected chi connectivity index (χ2v) is 5.94. The molecule has 2 aromatic rings. The summed E-state index contributed by atoms with van der Waals surface area (Å²) in [5, 5.41) is 12.2. The predicted molar refractivity (Wildman–Crippen MR) is 93.9 cm³/mol. The van der Waals surface area contributed by atoms with Crippen molar-refractivity contribution in [2.45, 2.75) is 31.6 Å². The van der Waals surface area contributed by atoms with E-state index in [-0.39, 0.29) is 18.4 Å². The Hall–Kier alpha value is -2.69. The molecule has 0 bridgehead atoms. The van der Waals surface area contributed by atoms with E-state index < -0.39 is 17.7 Å². The van der Waals surface area contributed by atoms with Crippen LogP contribution in [0, 0.1) is 5.82 Å². The molecule has 0 aliphatic carbocycles. The molecule has 2 unspecified atom stereocenters. The highest BCUT2D eigenvalue weighted by molar-refractivity contribution is 5.84. The van der Waals surface area contributed by atoms with Gasteiger partial charge in [0.15, 0.2) is 0 Å². The minimum Gasteiger partial charge on any atom is -0.481 e. The third kappa shape index (κ3) is 5.14. The summed E-state index contributed by atoms with van der Waals surface area (Å²) in [6.45, 7) is 1.97. The Balaban J connectivity index is 2.09. The minimum atomic E-state index is -1.06. The van der Waals surface area contributed by atoms with Gasteiger partial charge in [0.25, 0.3) is 0 Å². The third-order valence-corrected chi connectivity index (χ3v) is 4.15. The Bertz CT molecular complexity index is 701. The van der Waals surface area contributed by atoms with Crippen LogP contribution in [0.4, 0.5) is 4.39 Å². The summed E-state index contributed by atoms with van der Waals surface area (Å²) >= 11 is 0. The highest BCUT2D eigenvalue weighted by atomic mass is 19.1. The minimum absolute atomic E-state index is 0.0349. The average Bonchev–Trinajstić information content (AvgIpc) is 2.61. The fraction of sp³-hybridized carbons (Fsp3) is 0.300. The van der Waals surface area contributed by atoms with Gasteiger partial charge in [-0.3, -0.25) is 9.59 Å². The van der Waals surface area contributed by atoms with Crippen LogP contribution in [0.5, 0.6) is 0 Å². The maximum Gasteiger partial charge on any atom is 0.312 e. The maximum atomic E-state index is 13.0. The average molecular weight is 343 g/mol. The fourth-order valence-electron chi connectivity index (χ4n) is 2.79. The molecule has 4 nitrogen and oxygen atoms in total. The van der Waals surface area contributed by atoms with E-state index in [1.165, 1.54) is 24.3 Å². The van der Waals surface area contributed by atoms with Crippen LogP contribution in [-0.4, -0.2) is 23.5 Å². The first-order valence-corrected chi connectivity index (χ1v) is 8.33. The molecule has 2 aromatic carbocycles. The van der Waals surface area contributed by atoms with Crippen LogP contribution >= 0.6 is 0 Å². The Morgan fingerprint density at radius 3 is 2.16 bits per heavy atom. The van der Waals surface area contributed by atoms with Crippen LogP contribution in [0.3, 0.4) is 0 Å². The molecule has 0 saturated heterocycles. The largest absolute Gasteiger partial charge is 0.481 e. The van der Waals surface area contributed by atoms with Crippen molar-refractivity contribution in [3.63, 3.8) is 0 Å². The third-order valence-electron chi connectivity index (χ3n) is 4.15. The van der Waals surface area contributed by atoms with Crippen molar-refractivity contribution in [1.82, 2.24) is 5.32 Å². The molecule has 0 heterocycles. The molecule has 2 N–H and O–H groups in total. The Labute approximate surface area is 146 Å². The molecular formula is C20H22FNO3. The van der Waals surface area contributed by atoms with Gasteiger partial charge >= 0.3 is 5.97 Å². The normalized spacial score (nSPS) is 13.0. The summed E-state index contributed by atoms with van der Waals surface area (Å²) in [5.74, 6) is -2.90. The standard InChI is InChI=1S/C20H22FNO3/c1-2-6-17(14-7-4-3-5-8-14)19(23)22-13-18(20(24)25)15-9-11-16(21)12-10-15/h3-5,7-12,17-18H,2,6,13H2,1H3,(H,22,23)(H,24,25). The predicted octanol–water partition coefficient (Wildman–Crippen LogP) is 3.69.